The maximum Gasteiger partial charge on any atom is 0.219 e. The average Bonchev–Trinajstić information content (AvgIpc) is 3.62. The van der Waals surface area contributed by atoms with E-state index in [0.717, 1.165) is 78.4 Å². The van der Waals surface area contributed by atoms with Gasteiger partial charge in [0, 0.05) is 75.4 Å². The number of hydrogen-bond donors (Lipinski definition) is 1. The Balaban J connectivity index is 0.000000308. The fourth-order valence-electron chi connectivity index (χ4n) is 4.71. The normalized spacial score (nSPS) is 17.2. The third-order valence-electron chi connectivity index (χ3n) is 7.05. The lowest BCUT2D eigenvalue weighted by molar-refractivity contribution is -0.129. The second-order valence-corrected chi connectivity index (χ2v) is 9.76. The number of fused-ring (bicyclic) bond motifs is 1. The van der Waals surface area contributed by atoms with E-state index in [9.17, 15) is 4.79 Å². The van der Waals surface area contributed by atoms with Gasteiger partial charge in [-0.15, -0.1) is 0 Å². The molecule has 0 radical (unpaired) electrons. The van der Waals surface area contributed by atoms with E-state index in [0.29, 0.717) is 6.54 Å². The quantitative estimate of drug-likeness (QED) is 0.582. The van der Waals surface area contributed by atoms with Crippen LogP contribution >= 0.6 is 0 Å². The zero-order valence-electron chi connectivity index (χ0n) is 21.6. The van der Waals surface area contributed by atoms with Crippen molar-refractivity contribution in [3.05, 3.63) is 47.9 Å². The second kappa shape index (κ2) is 11.1. The largest absolute Gasteiger partial charge is 0.381 e. The van der Waals surface area contributed by atoms with E-state index in [2.05, 4.69) is 65.2 Å². The molecule has 1 N–H and O–H groups in total. The molecule has 2 aliphatic rings. The average molecular weight is 479 g/mol. The van der Waals surface area contributed by atoms with Gasteiger partial charge in [-0.3, -0.25) is 14.6 Å². The number of H-pyrrole nitrogens is 1. The number of hydrogen-bond acceptors (Lipinski definition) is 5. The molecule has 2 aliphatic heterocycles. The molecule has 0 bridgehead atoms. The molecule has 1 amide bonds. The third kappa shape index (κ3) is 5.75. The Bertz CT molecular complexity index is 1110. The minimum Gasteiger partial charge on any atom is -0.381 e. The van der Waals surface area contributed by atoms with Crippen molar-refractivity contribution in [1.82, 2.24) is 24.9 Å². The first-order valence-corrected chi connectivity index (χ1v) is 12.6. The summed E-state index contributed by atoms with van der Waals surface area (Å²) in [6.07, 6.45) is 5.97. The van der Waals surface area contributed by atoms with Crippen molar-refractivity contribution in [3.8, 4) is 11.1 Å². The molecule has 0 aliphatic carbocycles. The Labute approximate surface area is 208 Å². The molecular weight excluding hydrogens is 440 g/mol. The number of anilines is 2. The minimum atomic E-state index is 0.108. The van der Waals surface area contributed by atoms with Gasteiger partial charge in [-0.1, -0.05) is 26.0 Å². The summed E-state index contributed by atoms with van der Waals surface area (Å²) in [5.74, 6) is 2.68. The van der Waals surface area contributed by atoms with Crippen LogP contribution in [-0.4, -0.2) is 57.1 Å². The number of nitrogens with one attached hydrogen (secondary N) is 1. The van der Waals surface area contributed by atoms with Crippen molar-refractivity contribution >= 4 is 17.4 Å². The fraction of sp³-hybridized carbons (Fsp3) is 0.519. The monoisotopic (exact) mass is 478 g/mol. The molecule has 35 heavy (non-hydrogen) atoms. The van der Waals surface area contributed by atoms with E-state index in [1.54, 1.807) is 11.6 Å². The molecule has 8 heteroatoms. The van der Waals surface area contributed by atoms with Gasteiger partial charge >= 0.3 is 0 Å². The Morgan fingerprint density at radius 1 is 1.26 bits per heavy atom. The number of amides is 1. The number of ether oxygens (including phenoxy) is 1. The van der Waals surface area contributed by atoms with Crippen LogP contribution in [0.25, 0.3) is 11.1 Å². The van der Waals surface area contributed by atoms with Crippen LogP contribution in [-0.2, 0) is 29.5 Å². The molecular formula is C27H38N6O2. The van der Waals surface area contributed by atoms with Crippen LogP contribution < -0.4 is 4.90 Å². The molecule has 1 atom stereocenters. The van der Waals surface area contributed by atoms with E-state index in [4.69, 9.17) is 4.74 Å². The molecule has 0 saturated carbocycles. The molecule has 2 aromatic heterocycles. The van der Waals surface area contributed by atoms with E-state index >= 15 is 0 Å². The van der Waals surface area contributed by atoms with Crippen LogP contribution in [0.4, 0.5) is 11.5 Å². The lowest BCUT2D eigenvalue weighted by Crippen LogP contribution is -2.34. The first-order valence-electron chi connectivity index (χ1n) is 12.6. The highest BCUT2D eigenvalue weighted by molar-refractivity contribution is 5.75. The van der Waals surface area contributed by atoms with E-state index < -0.39 is 0 Å². The lowest BCUT2D eigenvalue weighted by atomic mass is 9.96. The molecule has 5 rings (SSSR count). The predicted molar refractivity (Wildman–Crippen MR) is 138 cm³/mol. The van der Waals surface area contributed by atoms with Crippen molar-refractivity contribution in [1.29, 1.82) is 0 Å². The van der Waals surface area contributed by atoms with Crippen molar-refractivity contribution < 1.29 is 9.53 Å². The molecule has 188 valence electrons. The maximum absolute atomic E-state index is 11.8. The Kier molecular flexibility index (Phi) is 7.90. The van der Waals surface area contributed by atoms with Crippen LogP contribution in [0.2, 0.25) is 0 Å². The van der Waals surface area contributed by atoms with Crippen molar-refractivity contribution in [2.75, 3.05) is 31.2 Å². The molecule has 1 fully saturated rings. The first kappa shape index (κ1) is 25.0. The van der Waals surface area contributed by atoms with Crippen LogP contribution in [0.3, 0.4) is 0 Å². The summed E-state index contributed by atoms with van der Waals surface area (Å²) in [6.45, 7) is 12.4. The smallest absolute Gasteiger partial charge is 0.219 e. The summed E-state index contributed by atoms with van der Waals surface area (Å²) in [6, 6.07) is 8.43. The standard InChI is InChI=1S/C20H24N6O.C7H14O/c1-4-26(17-7-5-15(6-8-17)16-11-21-24(3)12-16)20-18-13-25(14(2)27)10-9-19(18)22-23-20;1-6(2)7-3-4-8-5-7/h5-8,11-12H,4,9-10,13H2,1-3H3,(H,22,23);6-7H,3-5H2,1-2H3. The first-order chi connectivity index (χ1) is 16.9. The molecule has 1 saturated heterocycles. The SMILES string of the molecule is CC(C)C1CCOC1.CCN(c1ccc(-c2cnn(C)c2)cc1)c1n[nH]c2c1CN(C(C)=O)CC2. The Morgan fingerprint density at radius 2 is 2.03 bits per heavy atom. The van der Waals surface area contributed by atoms with Crippen molar-refractivity contribution in [2.24, 2.45) is 18.9 Å². The van der Waals surface area contributed by atoms with E-state index in [1.807, 2.05) is 24.3 Å². The molecule has 1 aromatic carbocycles. The summed E-state index contributed by atoms with van der Waals surface area (Å²) < 4.78 is 7.02. The van der Waals surface area contributed by atoms with Gasteiger partial charge in [0.05, 0.1) is 12.7 Å². The second-order valence-electron chi connectivity index (χ2n) is 9.76. The van der Waals surface area contributed by atoms with Crippen LogP contribution in [0.5, 0.6) is 0 Å². The fourth-order valence-corrected chi connectivity index (χ4v) is 4.71. The molecule has 0 spiro atoms. The number of aromatic nitrogens is 4. The molecule has 3 aromatic rings. The number of nitrogens with zero attached hydrogens (tertiary/aromatic N) is 5. The maximum atomic E-state index is 11.8. The van der Waals surface area contributed by atoms with Gasteiger partial charge in [0.1, 0.15) is 0 Å². The molecule has 4 heterocycles. The van der Waals surface area contributed by atoms with E-state index in [-0.39, 0.29) is 5.91 Å². The summed E-state index contributed by atoms with van der Waals surface area (Å²) in [4.78, 5) is 15.9. The highest BCUT2D eigenvalue weighted by Crippen LogP contribution is 2.32. The summed E-state index contributed by atoms with van der Waals surface area (Å²) in [7, 11) is 1.92. The van der Waals surface area contributed by atoms with Crippen LogP contribution in [0, 0.1) is 11.8 Å². The van der Waals surface area contributed by atoms with Gasteiger partial charge in [-0.2, -0.15) is 10.2 Å². The number of carbonyl (C=O) groups is 1. The number of rotatable bonds is 5. The van der Waals surface area contributed by atoms with E-state index in [1.165, 1.54) is 6.42 Å². The Morgan fingerprint density at radius 3 is 2.57 bits per heavy atom. The Hall–Kier alpha value is -3.13. The van der Waals surface area contributed by atoms with Crippen molar-refractivity contribution in [2.45, 2.75) is 47.1 Å². The summed E-state index contributed by atoms with van der Waals surface area (Å²) >= 11 is 0. The number of benzene rings is 1. The van der Waals surface area contributed by atoms with Crippen LogP contribution in [0.15, 0.2) is 36.7 Å². The number of aromatic amines is 1. The lowest BCUT2D eigenvalue weighted by Gasteiger charge is -2.28. The zero-order chi connectivity index (χ0) is 24.9. The predicted octanol–water partition coefficient (Wildman–Crippen LogP) is 4.55. The molecule has 1 unspecified atom stereocenters. The highest BCUT2D eigenvalue weighted by Gasteiger charge is 2.26. The summed E-state index contributed by atoms with van der Waals surface area (Å²) in [5, 5.41) is 12.0. The number of carbonyl (C=O) groups excluding carboxylic acids is 1. The third-order valence-corrected chi connectivity index (χ3v) is 7.05. The van der Waals surface area contributed by atoms with Crippen LogP contribution in [0.1, 0.15) is 45.4 Å². The van der Waals surface area contributed by atoms with Gasteiger partial charge in [-0.05, 0) is 42.9 Å². The minimum absolute atomic E-state index is 0.108. The van der Waals surface area contributed by atoms with Crippen molar-refractivity contribution in [3.63, 3.8) is 0 Å². The zero-order valence-corrected chi connectivity index (χ0v) is 21.6. The van der Waals surface area contributed by atoms with Gasteiger partial charge in [0.2, 0.25) is 5.91 Å². The van der Waals surface area contributed by atoms with Gasteiger partial charge in [0.25, 0.3) is 0 Å². The van der Waals surface area contributed by atoms with Gasteiger partial charge in [-0.25, -0.2) is 0 Å². The highest BCUT2D eigenvalue weighted by atomic mass is 16.5. The topological polar surface area (TPSA) is 79.3 Å². The van der Waals surface area contributed by atoms with Gasteiger partial charge < -0.3 is 14.5 Å². The summed E-state index contributed by atoms with van der Waals surface area (Å²) in [5.41, 5.74) is 5.57. The number of aryl methyl sites for hydroxylation is 1. The van der Waals surface area contributed by atoms with Gasteiger partial charge in [0.15, 0.2) is 5.82 Å². The molecule has 8 nitrogen and oxygen atoms in total.